The number of hydrogen-bond acceptors (Lipinski definition) is 4. The summed E-state index contributed by atoms with van der Waals surface area (Å²) in [5.74, 6) is -3.54. The number of halogens is 4. The van der Waals surface area contributed by atoms with Crippen molar-refractivity contribution in [2.75, 3.05) is 11.9 Å². The molecule has 3 aromatic rings. The van der Waals surface area contributed by atoms with E-state index in [0.717, 1.165) is 0 Å². The Balaban J connectivity index is 1.65. The Labute approximate surface area is 204 Å². The number of hydrogen-bond donors (Lipinski definition) is 3. The topological polar surface area (TPSA) is 97.1 Å². The van der Waals surface area contributed by atoms with E-state index in [-0.39, 0.29) is 29.3 Å². The van der Waals surface area contributed by atoms with Crippen molar-refractivity contribution < 1.29 is 27.2 Å². The maximum atomic E-state index is 14.2. The first-order valence-corrected chi connectivity index (χ1v) is 11.2. The molecule has 36 heavy (non-hydrogen) atoms. The Hall–Kier alpha value is -3.79. The molecule has 4 N–H and O–H groups in total. The molecule has 0 radical (unpaired) electrons. The molecule has 0 bridgehead atoms. The molecule has 0 spiro atoms. The van der Waals surface area contributed by atoms with Gasteiger partial charge in [-0.15, -0.1) is 0 Å². The zero-order valence-corrected chi connectivity index (χ0v) is 19.5. The number of nitrogens with one attached hydrogen (secondary N) is 2. The van der Waals surface area contributed by atoms with E-state index < -0.39 is 35.9 Å². The van der Waals surface area contributed by atoms with Crippen LogP contribution in [0.5, 0.6) is 0 Å². The molecule has 0 saturated heterocycles. The fraction of sp³-hybridized carbons (Fsp3) is 0.269. The number of nitrogens with two attached hydrogens (primary N) is 1. The number of benzene rings is 2. The molecule has 2 amide bonds. The Morgan fingerprint density at radius 1 is 1.11 bits per heavy atom. The number of alkyl halides is 3. The largest absolute Gasteiger partial charge is 0.398 e. The van der Waals surface area contributed by atoms with E-state index >= 15 is 0 Å². The number of fused-ring (bicyclic) bond motifs is 1. The number of nitrogens with zero attached hydrogens (tertiary/aromatic N) is 1. The maximum absolute atomic E-state index is 14.2. The smallest absolute Gasteiger partial charge is 0.351 e. The van der Waals surface area contributed by atoms with Crippen LogP contribution in [0.1, 0.15) is 46.9 Å². The first-order valence-electron chi connectivity index (χ1n) is 11.2. The van der Waals surface area contributed by atoms with Crippen molar-refractivity contribution in [3.05, 3.63) is 82.8 Å². The van der Waals surface area contributed by atoms with Crippen molar-refractivity contribution in [1.82, 2.24) is 10.3 Å². The Kier molecular flexibility index (Phi) is 6.57. The van der Waals surface area contributed by atoms with Crippen LogP contribution < -0.4 is 16.4 Å². The van der Waals surface area contributed by atoms with Crippen molar-refractivity contribution in [1.29, 1.82) is 0 Å². The maximum Gasteiger partial charge on any atom is 0.398 e. The third kappa shape index (κ3) is 5.54. The molecule has 0 aliphatic carbocycles. The molecular formula is C26H24F4N4O2. The van der Waals surface area contributed by atoms with E-state index in [2.05, 4.69) is 15.6 Å². The third-order valence-corrected chi connectivity index (χ3v) is 5.94. The van der Waals surface area contributed by atoms with Gasteiger partial charge in [0.15, 0.2) is 0 Å². The number of pyridine rings is 1. The molecule has 0 fully saturated rings. The van der Waals surface area contributed by atoms with E-state index in [4.69, 9.17) is 5.73 Å². The molecule has 2 heterocycles. The van der Waals surface area contributed by atoms with Crippen LogP contribution >= 0.6 is 0 Å². The molecule has 188 valence electrons. The minimum absolute atomic E-state index is 0.0966. The van der Waals surface area contributed by atoms with Gasteiger partial charge in [-0.1, -0.05) is 0 Å². The summed E-state index contributed by atoms with van der Waals surface area (Å²) in [6.45, 7) is 2.54. The highest BCUT2D eigenvalue weighted by atomic mass is 19.4. The highest BCUT2D eigenvalue weighted by Gasteiger charge is 2.42. The number of rotatable bonds is 6. The zero-order chi connectivity index (χ0) is 26.3. The fourth-order valence-electron chi connectivity index (χ4n) is 3.93. The quantitative estimate of drug-likeness (QED) is 0.429. The second-order valence-corrected chi connectivity index (χ2v) is 9.30. The molecule has 1 unspecified atom stereocenters. The summed E-state index contributed by atoms with van der Waals surface area (Å²) in [7, 11) is 0. The second kappa shape index (κ2) is 9.34. The van der Waals surface area contributed by atoms with Crippen LogP contribution in [0, 0.1) is 5.82 Å². The van der Waals surface area contributed by atoms with Crippen molar-refractivity contribution in [3.63, 3.8) is 0 Å². The number of anilines is 1. The molecule has 1 aliphatic rings. The molecule has 1 aromatic heterocycles. The van der Waals surface area contributed by atoms with Gasteiger partial charge in [-0.25, -0.2) is 4.39 Å². The highest BCUT2D eigenvalue weighted by molar-refractivity contribution is 6.01. The Morgan fingerprint density at radius 2 is 1.81 bits per heavy atom. The fourth-order valence-corrected chi connectivity index (χ4v) is 3.93. The van der Waals surface area contributed by atoms with E-state index in [1.807, 2.05) is 0 Å². The summed E-state index contributed by atoms with van der Waals surface area (Å²) < 4.78 is 55.9. The van der Waals surface area contributed by atoms with Crippen LogP contribution in [-0.2, 0) is 16.8 Å². The van der Waals surface area contributed by atoms with Crippen molar-refractivity contribution >= 4 is 17.5 Å². The SMILES string of the molecule is CC(C)(N)c1cc(-c2ccc(F)cc2)nc(C(CNC(=O)c2ccc3c(c2)CC(=O)N3)C(F)(F)F)c1. The van der Waals surface area contributed by atoms with Crippen molar-refractivity contribution in [3.8, 4) is 11.3 Å². The molecule has 10 heteroatoms. The van der Waals surface area contributed by atoms with Gasteiger partial charge in [-0.05, 0) is 79.6 Å². The standard InChI is InChI=1S/C26H24F4N4O2/c1-25(2,31)17-11-21(14-3-6-18(27)7-4-14)33-22(12-17)19(26(28,29)30)13-32-24(36)15-5-8-20-16(9-15)10-23(35)34-20/h3-9,11-12,19H,10,13,31H2,1-2H3,(H,32,36)(H,34,35). The average molecular weight is 500 g/mol. The van der Waals surface area contributed by atoms with Crippen LogP contribution in [-0.4, -0.2) is 29.5 Å². The highest BCUT2D eigenvalue weighted by Crippen LogP contribution is 2.36. The van der Waals surface area contributed by atoms with Gasteiger partial charge in [-0.3, -0.25) is 14.6 Å². The summed E-state index contributed by atoms with van der Waals surface area (Å²) in [5.41, 5.74) is 7.24. The van der Waals surface area contributed by atoms with E-state index in [9.17, 15) is 27.2 Å². The van der Waals surface area contributed by atoms with Gasteiger partial charge in [0.2, 0.25) is 5.91 Å². The molecule has 2 aromatic carbocycles. The number of carbonyl (C=O) groups excluding carboxylic acids is 2. The lowest BCUT2D eigenvalue weighted by molar-refractivity contribution is -0.149. The molecule has 0 saturated carbocycles. The molecule has 1 atom stereocenters. The average Bonchev–Trinajstić information content (AvgIpc) is 3.17. The molecule has 6 nitrogen and oxygen atoms in total. The predicted molar refractivity (Wildman–Crippen MR) is 127 cm³/mol. The van der Waals surface area contributed by atoms with Crippen LogP contribution in [0.2, 0.25) is 0 Å². The van der Waals surface area contributed by atoms with Gasteiger partial charge in [0, 0.05) is 28.9 Å². The third-order valence-electron chi connectivity index (χ3n) is 5.94. The first kappa shape index (κ1) is 25.3. The second-order valence-electron chi connectivity index (χ2n) is 9.30. The summed E-state index contributed by atoms with van der Waals surface area (Å²) >= 11 is 0. The molecule has 4 rings (SSSR count). The number of carbonyl (C=O) groups is 2. The summed E-state index contributed by atoms with van der Waals surface area (Å²) in [6, 6.07) is 12.5. The summed E-state index contributed by atoms with van der Waals surface area (Å²) in [4.78, 5) is 28.4. The Morgan fingerprint density at radius 3 is 2.44 bits per heavy atom. The number of aromatic nitrogens is 1. The summed E-state index contributed by atoms with van der Waals surface area (Å²) in [5, 5.41) is 4.98. The molecule has 1 aliphatic heterocycles. The lowest BCUT2D eigenvalue weighted by atomic mass is 9.91. The zero-order valence-electron chi connectivity index (χ0n) is 19.5. The van der Waals surface area contributed by atoms with E-state index in [0.29, 0.717) is 22.4 Å². The van der Waals surface area contributed by atoms with Gasteiger partial charge < -0.3 is 16.4 Å². The Bertz CT molecular complexity index is 1310. The van der Waals surface area contributed by atoms with Gasteiger partial charge in [0.1, 0.15) is 11.7 Å². The predicted octanol–water partition coefficient (Wildman–Crippen LogP) is 4.65. The lowest BCUT2D eigenvalue weighted by Gasteiger charge is -2.25. The monoisotopic (exact) mass is 500 g/mol. The lowest BCUT2D eigenvalue weighted by Crippen LogP contribution is -2.36. The van der Waals surface area contributed by atoms with Gasteiger partial charge in [0.25, 0.3) is 5.91 Å². The van der Waals surface area contributed by atoms with Crippen LogP contribution in [0.3, 0.4) is 0 Å². The van der Waals surface area contributed by atoms with Crippen molar-refractivity contribution in [2.24, 2.45) is 5.73 Å². The first-order chi connectivity index (χ1) is 16.8. The van der Waals surface area contributed by atoms with Crippen molar-refractivity contribution in [2.45, 2.75) is 37.9 Å². The minimum atomic E-state index is -4.73. The normalized spacial score (nSPS) is 14.2. The van der Waals surface area contributed by atoms with E-state index in [1.54, 1.807) is 26.0 Å². The summed E-state index contributed by atoms with van der Waals surface area (Å²) in [6.07, 6.45) is -4.63. The van der Waals surface area contributed by atoms with Crippen LogP contribution in [0.25, 0.3) is 11.3 Å². The van der Waals surface area contributed by atoms with Gasteiger partial charge in [0.05, 0.1) is 17.8 Å². The molecular weight excluding hydrogens is 476 g/mol. The minimum Gasteiger partial charge on any atom is -0.351 e. The van der Waals surface area contributed by atoms with Crippen LogP contribution in [0.15, 0.2) is 54.6 Å². The van der Waals surface area contributed by atoms with E-state index in [1.165, 1.54) is 42.5 Å². The van der Waals surface area contributed by atoms with Gasteiger partial charge >= 0.3 is 6.18 Å². The van der Waals surface area contributed by atoms with Gasteiger partial charge in [-0.2, -0.15) is 13.2 Å². The number of amides is 2. The van der Waals surface area contributed by atoms with Crippen LogP contribution in [0.4, 0.5) is 23.2 Å².